The summed E-state index contributed by atoms with van der Waals surface area (Å²) in [5.41, 5.74) is 5.43. The van der Waals surface area contributed by atoms with Crippen molar-refractivity contribution in [1.82, 2.24) is 14.5 Å². The lowest BCUT2D eigenvalue weighted by Crippen LogP contribution is -2.50. The number of hydrogen-bond acceptors (Lipinski definition) is 6. The van der Waals surface area contributed by atoms with Crippen molar-refractivity contribution < 1.29 is 5.21 Å². The second-order valence-corrected chi connectivity index (χ2v) is 4.70. The standard InChI is InChI=1S/C12H20N6O2/c1-2-17-4-3-14-11(12(17)19)18-7-5-16(6-8-18)9-10(13)15-20/h3-4,20H,2,5-9H2,1H3,(H2,13,15). The second kappa shape index (κ2) is 6.38. The lowest BCUT2D eigenvalue weighted by Gasteiger charge is -2.34. The Balaban J connectivity index is 2.02. The van der Waals surface area contributed by atoms with E-state index in [1.807, 2.05) is 11.8 Å². The molecule has 2 heterocycles. The van der Waals surface area contributed by atoms with Gasteiger partial charge in [0.1, 0.15) is 0 Å². The van der Waals surface area contributed by atoms with Crippen LogP contribution in [-0.4, -0.2) is 58.2 Å². The average molecular weight is 280 g/mol. The predicted molar refractivity (Wildman–Crippen MR) is 76.2 cm³/mol. The maximum absolute atomic E-state index is 12.2. The van der Waals surface area contributed by atoms with Crippen LogP contribution in [0, 0.1) is 0 Å². The quantitative estimate of drug-likeness (QED) is 0.322. The van der Waals surface area contributed by atoms with E-state index in [1.54, 1.807) is 17.0 Å². The normalized spacial score (nSPS) is 17.4. The molecule has 8 heteroatoms. The van der Waals surface area contributed by atoms with Crippen molar-refractivity contribution in [2.75, 3.05) is 37.6 Å². The molecule has 0 radical (unpaired) electrons. The molecular formula is C12H20N6O2. The first-order valence-corrected chi connectivity index (χ1v) is 6.64. The van der Waals surface area contributed by atoms with Crippen LogP contribution < -0.4 is 16.2 Å². The number of anilines is 1. The Labute approximate surface area is 117 Å². The van der Waals surface area contributed by atoms with Crippen LogP contribution in [0.25, 0.3) is 0 Å². The minimum Gasteiger partial charge on any atom is -0.409 e. The first kappa shape index (κ1) is 14.3. The topological polar surface area (TPSA) is 100.0 Å². The Bertz CT molecular complexity index is 533. The number of oxime groups is 1. The Hall–Kier alpha value is -2.09. The van der Waals surface area contributed by atoms with E-state index in [-0.39, 0.29) is 11.4 Å². The van der Waals surface area contributed by atoms with Crippen molar-refractivity contribution in [3.8, 4) is 0 Å². The van der Waals surface area contributed by atoms with Gasteiger partial charge in [-0.05, 0) is 6.92 Å². The second-order valence-electron chi connectivity index (χ2n) is 4.70. The zero-order valence-corrected chi connectivity index (χ0v) is 11.6. The van der Waals surface area contributed by atoms with Gasteiger partial charge < -0.3 is 20.4 Å². The number of hydrogen-bond donors (Lipinski definition) is 2. The Morgan fingerprint density at radius 1 is 1.45 bits per heavy atom. The largest absolute Gasteiger partial charge is 0.409 e. The summed E-state index contributed by atoms with van der Waals surface area (Å²) in [5.74, 6) is 0.697. The fourth-order valence-electron chi connectivity index (χ4n) is 2.28. The fraction of sp³-hybridized carbons (Fsp3) is 0.583. The van der Waals surface area contributed by atoms with Gasteiger partial charge in [0.2, 0.25) is 0 Å². The number of amidine groups is 1. The SMILES string of the molecule is CCn1ccnc(N2CCN(CC(N)=NO)CC2)c1=O. The molecule has 3 N–H and O–H groups in total. The molecule has 110 valence electrons. The minimum absolute atomic E-state index is 0.0557. The zero-order valence-electron chi connectivity index (χ0n) is 11.6. The van der Waals surface area contributed by atoms with Crippen molar-refractivity contribution in [2.45, 2.75) is 13.5 Å². The summed E-state index contributed by atoms with van der Waals surface area (Å²) >= 11 is 0. The number of nitrogens with zero attached hydrogens (tertiary/aromatic N) is 5. The van der Waals surface area contributed by atoms with Crippen LogP contribution in [0.1, 0.15) is 6.92 Å². The molecule has 1 aromatic heterocycles. The predicted octanol–water partition coefficient (Wildman–Crippen LogP) is -0.868. The van der Waals surface area contributed by atoms with Gasteiger partial charge in [0.15, 0.2) is 11.7 Å². The van der Waals surface area contributed by atoms with Crippen molar-refractivity contribution in [2.24, 2.45) is 10.9 Å². The smallest absolute Gasteiger partial charge is 0.293 e. The maximum atomic E-state index is 12.2. The summed E-state index contributed by atoms with van der Waals surface area (Å²) in [7, 11) is 0. The molecule has 20 heavy (non-hydrogen) atoms. The first-order chi connectivity index (χ1) is 9.65. The van der Waals surface area contributed by atoms with E-state index in [0.29, 0.717) is 32.0 Å². The highest BCUT2D eigenvalue weighted by Crippen LogP contribution is 2.08. The lowest BCUT2D eigenvalue weighted by atomic mass is 10.3. The van der Waals surface area contributed by atoms with E-state index < -0.39 is 0 Å². The van der Waals surface area contributed by atoms with Crippen molar-refractivity contribution in [3.05, 3.63) is 22.7 Å². The number of piperazine rings is 1. The van der Waals surface area contributed by atoms with Gasteiger partial charge in [0.05, 0.1) is 6.54 Å². The van der Waals surface area contributed by atoms with Crippen LogP contribution in [0.15, 0.2) is 22.3 Å². The molecule has 1 aliphatic heterocycles. The number of rotatable bonds is 4. The molecule has 0 saturated carbocycles. The van der Waals surface area contributed by atoms with E-state index in [4.69, 9.17) is 10.9 Å². The van der Waals surface area contributed by atoms with Crippen molar-refractivity contribution in [3.63, 3.8) is 0 Å². The molecule has 0 bridgehead atoms. The van der Waals surface area contributed by atoms with Crippen LogP contribution in [0.3, 0.4) is 0 Å². The third kappa shape index (κ3) is 3.08. The molecule has 0 amide bonds. The number of nitrogens with two attached hydrogens (primary N) is 1. The summed E-state index contributed by atoms with van der Waals surface area (Å²) in [6, 6.07) is 0. The van der Waals surface area contributed by atoms with Gasteiger partial charge in [-0.25, -0.2) is 4.98 Å². The maximum Gasteiger partial charge on any atom is 0.293 e. The fourth-order valence-corrected chi connectivity index (χ4v) is 2.28. The summed E-state index contributed by atoms with van der Waals surface area (Å²) in [4.78, 5) is 20.4. The summed E-state index contributed by atoms with van der Waals surface area (Å²) in [5, 5.41) is 11.5. The van der Waals surface area contributed by atoms with Gasteiger partial charge in [0.25, 0.3) is 5.56 Å². The van der Waals surface area contributed by atoms with Gasteiger partial charge >= 0.3 is 0 Å². The molecule has 1 fully saturated rings. The molecular weight excluding hydrogens is 260 g/mol. The monoisotopic (exact) mass is 280 g/mol. The van der Waals surface area contributed by atoms with Gasteiger partial charge in [-0.15, -0.1) is 0 Å². The van der Waals surface area contributed by atoms with E-state index in [1.165, 1.54) is 0 Å². The third-order valence-electron chi connectivity index (χ3n) is 3.42. The van der Waals surface area contributed by atoms with Crippen LogP contribution in [0.5, 0.6) is 0 Å². The highest BCUT2D eigenvalue weighted by atomic mass is 16.4. The molecule has 0 aromatic carbocycles. The van der Waals surface area contributed by atoms with Gasteiger partial charge in [-0.2, -0.15) is 0 Å². The summed E-state index contributed by atoms with van der Waals surface area (Å²) in [6.07, 6.45) is 3.35. The van der Waals surface area contributed by atoms with Gasteiger partial charge in [-0.3, -0.25) is 9.69 Å². The van der Waals surface area contributed by atoms with E-state index in [2.05, 4.69) is 15.0 Å². The van der Waals surface area contributed by atoms with E-state index >= 15 is 0 Å². The Morgan fingerprint density at radius 3 is 2.75 bits per heavy atom. The molecule has 1 saturated heterocycles. The van der Waals surface area contributed by atoms with E-state index in [0.717, 1.165) is 13.1 Å². The summed E-state index contributed by atoms with van der Waals surface area (Å²) in [6.45, 7) is 5.91. The minimum atomic E-state index is -0.0557. The van der Waals surface area contributed by atoms with Crippen LogP contribution in [-0.2, 0) is 6.54 Å². The number of aryl methyl sites for hydroxylation is 1. The molecule has 1 aromatic rings. The first-order valence-electron chi connectivity index (χ1n) is 6.64. The van der Waals surface area contributed by atoms with Crippen LogP contribution >= 0.6 is 0 Å². The summed E-state index contributed by atoms with van der Waals surface area (Å²) < 4.78 is 1.64. The molecule has 0 spiro atoms. The average Bonchev–Trinajstić information content (AvgIpc) is 2.48. The van der Waals surface area contributed by atoms with Crippen molar-refractivity contribution in [1.29, 1.82) is 0 Å². The lowest BCUT2D eigenvalue weighted by molar-refractivity contribution is 0.278. The molecule has 0 aliphatic carbocycles. The number of aromatic nitrogens is 2. The molecule has 0 unspecified atom stereocenters. The Morgan fingerprint density at radius 2 is 2.15 bits per heavy atom. The molecule has 8 nitrogen and oxygen atoms in total. The van der Waals surface area contributed by atoms with Gasteiger partial charge in [0, 0.05) is 45.1 Å². The highest BCUT2D eigenvalue weighted by molar-refractivity contribution is 5.81. The molecule has 0 atom stereocenters. The molecule has 1 aliphatic rings. The van der Waals surface area contributed by atoms with Crippen LogP contribution in [0.2, 0.25) is 0 Å². The zero-order chi connectivity index (χ0) is 14.5. The van der Waals surface area contributed by atoms with E-state index in [9.17, 15) is 4.79 Å². The highest BCUT2D eigenvalue weighted by Gasteiger charge is 2.21. The third-order valence-corrected chi connectivity index (χ3v) is 3.42. The van der Waals surface area contributed by atoms with Gasteiger partial charge in [-0.1, -0.05) is 5.16 Å². The van der Waals surface area contributed by atoms with Crippen molar-refractivity contribution >= 4 is 11.7 Å². The van der Waals surface area contributed by atoms with Crippen LogP contribution in [0.4, 0.5) is 5.82 Å². The Kier molecular flexibility index (Phi) is 4.57. The molecule has 2 rings (SSSR count).